The average molecular weight is 494 g/mol. The van der Waals surface area contributed by atoms with Crippen LogP contribution in [0.5, 0.6) is 5.75 Å². The molecule has 0 saturated heterocycles. The Kier molecular flexibility index (Phi) is 7.97. The average Bonchev–Trinajstić information content (AvgIpc) is 3.49. The molecule has 2 aromatic carbocycles. The number of ether oxygens (including phenoxy) is 1. The first-order chi connectivity index (χ1) is 16.6. The summed E-state index contributed by atoms with van der Waals surface area (Å²) in [5, 5.41) is 12.6. The van der Waals surface area contributed by atoms with Crippen molar-refractivity contribution in [3.05, 3.63) is 71.2 Å². The number of carbonyl (C=O) groups is 1. The van der Waals surface area contributed by atoms with Crippen molar-refractivity contribution >= 4 is 34.1 Å². The van der Waals surface area contributed by atoms with Crippen LogP contribution in [0.4, 0.5) is 5.13 Å². The fourth-order valence-electron chi connectivity index (χ4n) is 3.55. The third-order valence-electron chi connectivity index (χ3n) is 5.35. The molecule has 4 rings (SSSR count). The molecule has 1 amide bonds. The van der Waals surface area contributed by atoms with Gasteiger partial charge in [0.25, 0.3) is 0 Å². The topological polar surface area (TPSA) is 73.1 Å². The Morgan fingerprint density at radius 1 is 1.12 bits per heavy atom. The van der Waals surface area contributed by atoms with Crippen LogP contribution in [0.2, 0.25) is 0 Å². The molecule has 4 aromatic rings. The normalized spacial score (nSPS) is 10.9. The number of hydrogen-bond donors (Lipinski definition) is 0. The number of aryl methyl sites for hydroxylation is 1. The van der Waals surface area contributed by atoms with Crippen LogP contribution in [0.1, 0.15) is 25.1 Å². The van der Waals surface area contributed by atoms with Gasteiger partial charge in [-0.05, 0) is 43.2 Å². The van der Waals surface area contributed by atoms with Gasteiger partial charge in [-0.2, -0.15) is 0 Å². The molecule has 9 heteroatoms. The van der Waals surface area contributed by atoms with E-state index in [4.69, 9.17) is 4.74 Å². The summed E-state index contributed by atoms with van der Waals surface area (Å²) in [4.78, 5) is 18.2. The molecule has 0 radical (unpaired) electrons. The number of rotatable bonds is 10. The van der Waals surface area contributed by atoms with Crippen LogP contribution in [0.25, 0.3) is 11.4 Å². The summed E-state index contributed by atoms with van der Waals surface area (Å²) in [6, 6.07) is 18.3. The first-order valence-electron chi connectivity index (χ1n) is 11.1. The largest absolute Gasteiger partial charge is 0.497 e. The third-order valence-corrected chi connectivity index (χ3v) is 7.26. The standard InChI is InChI=1S/C25H27N5O2S2/c1-4-29(18(2)31)24-26-21(16-33-24)17-34-25-28-27-23(20-10-12-22(32-3)13-11-20)30(25)15-14-19-8-6-5-7-9-19/h5-13,16H,4,14-15,17H2,1-3H3. The lowest BCUT2D eigenvalue weighted by atomic mass is 10.1. The summed E-state index contributed by atoms with van der Waals surface area (Å²) in [5.74, 6) is 2.28. The van der Waals surface area contributed by atoms with Gasteiger partial charge in [0, 0.05) is 36.7 Å². The Morgan fingerprint density at radius 3 is 2.56 bits per heavy atom. The molecule has 0 aliphatic carbocycles. The number of methoxy groups -OCH3 is 1. The minimum absolute atomic E-state index is 0.000779. The van der Waals surface area contributed by atoms with E-state index < -0.39 is 0 Å². The maximum atomic E-state index is 11.8. The van der Waals surface area contributed by atoms with Gasteiger partial charge < -0.3 is 9.30 Å². The Morgan fingerprint density at radius 2 is 1.88 bits per heavy atom. The van der Waals surface area contributed by atoms with Crippen molar-refractivity contribution in [3.8, 4) is 17.1 Å². The molecule has 2 aromatic heterocycles. The lowest BCUT2D eigenvalue weighted by Gasteiger charge is -2.14. The number of thiazole rings is 1. The van der Waals surface area contributed by atoms with E-state index in [0.717, 1.165) is 46.1 Å². The van der Waals surface area contributed by atoms with E-state index in [2.05, 4.69) is 44.0 Å². The SMILES string of the molecule is CCN(C(C)=O)c1nc(CSc2nnc(-c3ccc(OC)cc3)n2CCc2ccccc2)cs1. The smallest absolute Gasteiger partial charge is 0.225 e. The summed E-state index contributed by atoms with van der Waals surface area (Å²) >= 11 is 3.09. The fraction of sp³-hybridized carbons (Fsp3) is 0.280. The fourth-order valence-corrected chi connectivity index (χ4v) is 5.45. The number of benzene rings is 2. The second-order valence-electron chi connectivity index (χ2n) is 7.60. The van der Waals surface area contributed by atoms with Gasteiger partial charge in [-0.1, -0.05) is 42.1 Å². The molecule has 0 bridgehead atoms. The first-order valence-corrected chi connectivity index (χ1v) is 12.9. The highest BCUT2D eigenvalue weighted by molar-refractivity contribution is 7.98. The molecule has 0 atom stereocenters. The summed E-state index contributed by atoms with van der Waals surface area (Å²) < 4.78 is 7.46. The highest BCUT2D eigenvalue weighted by Crippen LogP contribution is 2.29. The number of carbonyl (C=O) groups excluding carboxylic acids is 1. The van der Waals surface area contributed by atoms with Gasteiger partial charge in [-0.15, -0.1) is 21.5 Å². The summed E-state index contributed by atoms with van der Waals surface area (Å²) in [5.41, 5.74) is 3.18. The second kappa shape index (κ2) is 11.3. The Bertz CT molecular complexity index is 1220. The summed E-state index contributed by atoms with van der Waals surface area (Å²) in [6.07, 6.45) is 0.876. The highest BCUT2D eigenvalue weighted by Gasteiger charge is 2.17. The lowest BCUT2D eigenvalue weighted by Crippen LogP contribution is -2.27. The molecule has 0 saturated carbocycles. The zero-order valence-electron chi connectivity index (χ0n) is 19.5. The van der Waals surface area contributed by atoms with Gasteiger partial charge in [0.15, 0.2) is 16.1 Å². The molecule has 7 nitrogen and oxygen atoms in total. The van der Waals surface area contributed by atoms with Gasteiger partial charge in [0.05, 0.1) is 12.8 Å². The number of amides is 1. The quantitative estimate of drug-likeness (QED) is 0.279. The maximum Gasteiger partial charge on any atom is 0.225 e. The maximum absolute atomic E-state index is 11.8. The zero-order valence-corrected chi connectivity index (χ0v) is 21.1. The van der Waals surface area contributed by atoms with E-state index >= 15 is 0 Å². The molecule has 0 unspecified atom stereocenters. The summed E-state index contributed by atoms with van der Waals surface area (Å²) in [6.45, 7) is 4.88. The number of hydrogen-bond acceptors (Lipinski definition) is 7. The van der Waals surface area contributed by atoms with E-state index in [1.165, 1.54) is 16.9 Å². The van der Waals surface area contributed by atoms with Crippen LogP contribution in [0.3, 0.4) is 0 Å². The van der Waals surface area contributed by atoms with Crippen LogP contribution in [-0.4, -0.2) is 39.3 Å². The first kappa shape index (κ1) is 24.0. The molecular weight excluding hydrogens is 466 g/mol. The molecule has 0 fully saturated rings. The van der Waals surface area contributed by atoms with Gasteiger partial charge >= 0.3 is 0 Å². The zero-order chi connectivity index (χ0) is 23.9. The monoisotopic (exact) mass is 493 g/mol. The molecule has 0 aliphatic heterocycles. The van der Waals surface area contributed by atoms with Crippen molar-refractivity contribution in [2.75, 3.05) is 18.6 Å². The number of aromatic nitrogens is 4. The van der Waals surface area contributed by atoms with Gasteiger partial charge in [-0.3, -0.25) is 9.69 Å². The Labute approximate surface area is 207 Å². The molecule has 34 heavy (non-hydrogen) atoms. The van der Waals surface area contributed by atoms with Crippen molar-refractivity contribution in [3.63, 3.8) is 0 Å². The van der Waals surface area contributed by atoms with E-state index in [0.29, 0.717) is 12.3 Å². The van der Waals surface area contributed by atoms with E-state index in [1.54, 1.807) is 30.7 Å². The number of nitrogens with zero attached hydrogens (tertiary/aromatic N) is 5. The van der Waals surface area contributed by atoms with E-state index in [9.17, 15) is 4.79 Å². The molecular formula is C25H27N5O2S2. The minimum atomic E-state index is 0.000779. The van der Waals surface area contributed by atoms with Crippen LogP contribution in [0, 0.1) is 0 Å². The van der Waals surface area contributed by atoms with Gasteiger partial charge in [-0.25, -0.2) is 4.98 Å². The molecule has 0 N–H and O–H groups in total. The van der Waals surface area contributed by atoms with Crippen molar-refractivity contribution in [2.45, 2.75) is 37.7 Å². The molecule has 0 aliphatic rings. The van der Waals surface area contributed by atoms with Crippen LogP contribution < -0.4 is 9.64 Å². The van der Waals surface area contributed by atoms with E-state index in [-0.39, 0.29) is 5.91 Å². The van der Waals surface area contributed by atoms with Gasteiger partial charge in [0.1, 0.15) is 5.75 Å². The van der Waals surface area contributed by atoms with Crippen LogP contribution >= 0.6 is 23.1 Å². The second-order valence-corrected chi connectivity index (χ2v) is 9.37. The Balaban J connectivity index is 1.55. The van der Waals surface area contributed by atoms with Crippen LogP contribution in [-0.2, 0) is 23.5 Å². The van der Waals surface area contributed by atoms with Crippen molar-refractivity contribution in [1.82, 2.24) is 19.7 Å². The van der Waals surface area contributed by atoms with Gasteiger partial charge in [0.2, 0.25) is 5.91 Å². The predicted molar refractivity (Wildman–Crippen MR) is 138 cm³/mol. The minimum Gasteiger partial charge on any atom is -0.497 e. The predicted octanol–water partition coefficient (Wildman–Crippen LogP) is 5.32. The van der Waals surface area contributed by atoms with Crippen molar-refractivity contribution < 1.29 is 9.53 Å². The third kappa shape index (κ3) is 5.66. The molecule has 176 valence electrons. The van der Waals surface area contributed by atoms with Crippen LogP contribution in [0.15, 0.2) is 65.1 Å². The number of thioether (sulfide) groups is 1. The molecule has 2 heterocycles. The molecule has 0 spiro atoms. The summed E-state index contributed by atoms with van der Waals surface area (Å²) in [7, 11) is 1.66. The number of anilines is 1. The van der Waals surface area contributed by atoms with Crippen molar-refractivity contribution in [1.29, 1.82) is 0 Å². The van der Waals surface area contributed by atoms with E-state index in [1.807, 2.05) is 42.6 Å². The van der Waals surface area contributed by atoms with Crippen molar-refractivity contribution in [2.24, 2.45) is 0 Å². The lowest BCUT2D eigenvalue weighted by molar-refractivity contribution is -0.116. The highest BCUT2D eigenvalue weighted by atomic mass is 32.2. The Hall–Kier alpha value is -3.17.